The number of carbonyl (C=O) groups is 1. The molecule has 122 valence electrons. The van der Waals surface area contributed by atoms with Crippen LogP contribution >= 0.6 is 0 Å². The molecule has 22 heavy (non-hydrogen) atoms. The number of hydrogen-bond acceptors (Lipinski definition) is 4. The summed E-state index contributed by atoms with van der Waals surface area (Å²) < 4.78 is 4.99. The lowest BCUT2D eigenvalue weighted by Gasteiger charge is -2.36. The molecule has 0 aromatic heterocycles. The van der Waals surface area contributed by atoms with Crippen molar-refractivity contribution in [1.29, 1.82) is 0 Å². The van der Waals surface area contributed by atoms with Crippen molar-refractivity contribution in [3.05, 3.63) is 24.3 Å². The van der Waals surface area contributed by atoms with Crippen LogP contribution in [-0.4, -0.2) is 57.9 Å². The fraction of sp³-hybridized carbons (Fsp3) is 0.588. The molecule has 1 fully saturated rings. The molecule has 1 aromatic carbocycles. The zero-order valence-corrected chi connectivity index (χ0v) is 14.1. The first kappa shape index (κ1) is 16.6. The molecule has 1 heterocycles. The van der Waals surface area contributed by atoms with E-state index in [9.17, 15) is 4.79 Å². The number of benzene rings is 1. The summed E-state index contributed by atoms with van der Waals surface area (Å²) in [4.78, 5) is 18.6. The first-order valence-corrected chi connectivity index (χ1v) is 7.91. The van der Waals surface area contributed by atoms with Crippen molar-refractivity contribution >= 4 is 17.5 Å². The normalized spacial score (nSPS) is 16.0. The highest BCUT2D eigenvalue weighted by atomic mass is 16.5. The van der Waals surface area contributed by atoms with Crippen molar-refractivity contribution < 1.29 is 9.53 Å². The van der Waals surface area contributed by atoms with Crippen LogP contribution in [0.5, 0.6) is 0 Å². The molecule has 0 N–H and O–H groups in total. The second kappa shape index (κ2) is 7.49. The first-order chi connectivity index (χ1) is 10.5. The van der Waals surface area contributed by atoms with Crippen LogP contribution in [0.2, 0.25) is 0 Å². The summed E-state index contributed by atoms with van der Waals surface area (Å²) in [6.07, 6.45) is -0.296. The van der Waals surface area contributed by atoms with E-state index >= 15 is 0 Å². The van der Waals surface area contributed by atoms with Crippen LogP contribution < -0.4 is 9.80 Å². The van der Waals surface area contributed by atoms with Gasteiger partial charge in [0.15, 0.2) is 0 Å². The molecule has 0 radical (unpaired) electrons. The van der Waals surface area contributed by atoms with Crippen molar-refractivity contribution in [2.75, 3.05) is 56.7 Å². The molecule has 1 amide bonds. The van der Waals surface area contributed by atoms with Gasteiger partial charge in [-0.1, -0.05) is 26.0 Å². The van der Waals surface area contributed by atoms with Gasteiger partial charge in [-0.25, -0.2) is 4.79 Å². The summed E-state index contributed by atoms with van der Waals surface area (Å²) >= 11 is 0. The molecule has 0 spiro atoms. The monoisotopic (exact) mass is 305 g/mol. The van der Waals surface area contributed by atoms with Crippen molar-refractivity contribution in [1.82, 2.24) is 4.90 Å². The Morgan fingerprint density at radius 3 is 2.45 bits per heavy atom. The van der Waals surface area contributed by atoms with Crippen LogP contribution in [0.15, 0.2) is 24.3 Å². The summed E-state index contributed by atoms with van der Waals surface area (Å²) in [5.41, 5.74) is 2.05. The maximum absolute atomic E-state index is 12.2. The lowest BCUT2D eigenvalue weighted by Crippen LogP contribution is -2.45. The first-order valence-electron chi connectivity index (χ1n) is 7.91. The van der Waals surface area contributed by atoms with Gasteiger partial charge < -0.3 is 14.5 Å². The minimum absolute atomic E-state index is 0.296. The Bertz CT molecular complexity index is 496. The van der Waals surface area contributed by atoms with Gasteiger partial charge in [-0.2, -0.15) is 0 Å². The van der Waals surface area contributed by atoms with Gasteiger partial charge in [0, 0.05) is 32.7 Å². The number of likely N-dealkylation sites (N-methyl/N-ethyl adjacent to an activating group) is 1. The van der Waals surface area contributed by atoms with E-state index < -0.39 is 0 Å². The van der Waals surface area contributed by atoms with Crippen molar-refractivity contribution in [3.8, 4) is 0 Å². The highest BCUT2D eigenvalue weighted by Gasteiger charge is 2.24. The maximum atomic E-state index is 12.2. The van der Waals surface area contributed by atoms with Crippen molar-refractivity contribution in [2.24, 2.45) is 5.92 Å². The van der Waals surface area contributed by atoms with Crippen molar-refractivity contribution in [2.45, 2.75) is 13.8 Å². The van der Waals surface area contributed by atoms with Gasteiger partial charge in [0.2, 0.25) is 0 Å². The zero-order valence-electron chi connectivity index (χ0n) is 14.1. The van der Waals surface area contributed by atoms with Crippen molar-refractivity contribution in [3.63, 3.8) is 0 Å². The van der Waals surface area contributed by atoms with Gasteiger partial charge in [0.25, 0.3) is 0 Å². The van der Waals surface area contributed by atoms with E-state index in [1.165, 1.54) is 7.11 Å². The number of carbonyl (C=O) groups excluding carboxylic acids is 1. The molecule has 5 nitrogen and oxygen atoms in total. The fourth-order valence-corrected chi connectivity index (χ4v) is 2.75. The predicted molar refractivity (Wildman–Crippen MR) is 90.7 cm³/mol. The predicted octanol–water partition coefficient (Wildman–Crippen LogP) is 2.67. The number of nitrogens with zero attached hydrogens (tertiary/aromatic N) is 3. The Balaban J connectivity index is 2.30. The molecule has 2 rings (SSSR count). The van der Waals surface area contributed by atoms with E-state index in [4.69, 9.17) is 4.74 Å². The van der Waals surface area contributed by atoms with Gasteiger partial charge in [-0.05, 0) is 25.1 Å². The highest BCUT2D eigenvalue weighted by molar-refractivity contribution is 5.92. The smallest absolute Gasteiger partial charge is 0.414 e. The number of hydrogen-bond donors (Lipinski definition) is 0. The Morgan fingerprint density at radius 2 is 1.86 bits per heavy atom. The average molecular weight is 305 g/mol. The topological polar surface area (TPSA) is 36.0 Å². The molecule has 1 saturated heterocycles. The molecule has 1 aliphatic rings. The molecule has 5 heteroatoms. The van der Waals surface area contributed by atoms with Gasteiger partial charge in [0.1, 0.15) is 0 Å². The van der Waals surface area contributed by atoms with Crippen LogP contribution in [-0.2, 0) is 4.74 Å². The standard InChI is InChI=1S/C17H27N3O2/c1-14(2)13-20(17(21)22-4)16-8-6-5-7-15(16)19-11-9-18(3)10-12-19/h5-8,14H,9-13H2,1-4H3. The third-order valence-electron chi connectivity index (χ3n) is 3.96. The van der Waals surface area contributed by atoms with E-state index in [2.05, 4.69) is 36.8 Å². The van der Waals surface area contributed by atoms with Crippen LogP contribution in [0, 0.1) is 5.92 Å². The second-order valence-corrected chi connectivity index (χ2v) is 6.25. The number of methoxy groups -OCH3 is 1. The summed E-state index contributed by atoms with van der Waals surface area (Å²) in [6.45, 7) is 8.89. The summed E-state index contributed by atoms with van der Waals surface area (Å²) in [7, 11) is 3.58. The average Bonchev–Trinajstić information content (AvgIpc) is 2.52. The Morgan fingerprint density at radius 1 is 1.23 bits per heavy atom. The lowest BCUT2D eigenvalue weighted by molar-refractivity contribution is 0.177. The minimum Gasteiger partial charge on any atom is -0.452 e. The zero-order chi connectivity index (χ0) is 16.1. The van der Waals surface area contributed by atoms with E-state index in [1.807, 2.05) is 18.2 Å². The number of ether oxygens (including phenoxy) is 1. The third kappa shape index (κ3) is 3.91. The van der Waals surface area contributed by atoms with E-state index in [0.29, 0.717) is 12.5 Å². The highest BCUT2D eigenvalue weighted by Crippen LogP contribution is 2.31. The number of rotatable bonds is 4. The summed E-state index contributed by atoms with van der Waals surface area (Å²) in [6, 6.07) is 8.11. The SMILES string of the molecule is COC(=O)N(CC(C)C)c1ccccc1N1CCN(C)CC1. The van der Waals surface area contributed by atoms with Crippen LogP contribution in [0.25, 0.3) is 0 Å². The molecule has 0 unspecified atom stereocenters. The van der Waals surface area contributed by atoms with E-state index in [1.54, 1.807) is 4.90 Å². The number of para-hydroxylation sites is 2. The molecular formula is C17H27N3O2. The largest absolute Gasteiger partial charge is 0.452 e. The van der Waals surface area contributed by atoms with Gasteiger partial charge in [-0.3, -0.25) is 4.90 Å². The summed E-state index contributed by atoms with van der Waals surface area (Å²) in [5.74, 6) is 0.375. The van der Waals surface area contributed by atoms with E-state index in [0.717, 1.165) is 37.6 Å². The third-order valence-corrected chi connectivity index (χ3v) is 3.96. The van der Waals surface area contributed by atoms with Gasteiger partial charge >= 0.3 is 6.09 Å². The number of amides is 1. The van der Waals surface area contributed by atoms with Gasteiger partial charge in [0.05, 0.1) is 18.5 Å². The molecular weight excluding hydrogens is 278 g/mol. The summed E-state index contributed by atoms with van der Waals surface area (Å²) in [5, 5.41) is 0. The quantitative estimate of drug-likeness (QED) is 0.857. The second-order valence-electron chi connectivity index (χ2n) is 6.25. The Hall–Kier alpha value is -1.75. The van der Waals surface area contributed by atoms with Crippen LogP contribution in [0.4, 0.5) is 16.2 Å². The molecule has 0 saturated carbocycles. The molecule has 1 aromatic rings. The van der Waals surface area contributed by atoms with Crippen LogP contribution in [0.3, 0.4) is 0 Å². The van der Waals surface area contributed by atoms with Crippen LogP contribution in [0.1, 0.15) is 13.8 Å². The minimum atomic E-state index is -0.296. The Kier molecular flexibility index (Phi) is 5.66. The molecule has 0 aliphatic carbocycles. The molecule has 0 atom stereocenters. The maximum Gasteiger partial charge on any atom is 0.414 e. The molecule has 0 bridgehead atoms. The number of piperazine rings is 1. The fourth-order valence-electron chi connectivity index (χ4n) is 2.75. The van der Waals surface area contributed by atoms with Gasteiger partial charge in [-0.15, -0.1) is 0 Å². The molecule has 1 aliphatic heterocycles. The number of anilines is 2. The Labute approximate surface area is 133 Å². The van der Waals surface area contributed by atoms with E-state index in [-0.39, 0.29) is 6.09 Å². The lowest BCUT2D eigenvalue weighted by atomic mass is 10.1.